The van der Waals surface area contributed by atoms with Crippen molar-refractivity contribution in [3.63, 3.8) is 0 Å². The number of rotatable bonds is 2. The molecule has 2 amide bonds. The maximum atomic E-state index is 11.7. The Morgan fingerprint density at radius 3 is 2.75 bits per heavy atom. The number of hydrogen-bond acceptors (Lipinski definition) is 3. The number of carbonyl (C=O) groups excluding carboxylic acids is 2. The van der Waals surface area contributed by atoms with Crippen LogP contribution in [0.25, 0.3) is 0 Å². The van der Waals surface area contributed by atoms with Gasteiger partial charge >= 0.3 is 0 Å². The predicted molar refractivity (Wildman–Crippen MR) is 61.2 cm³/mol. The molecule has 5 heteroatoms. The van der Waals surface area contributed by atoms with Crippen molar-refractivity contribution in [2.45, 2.75) is 12.5 Å². The minimum atomic E-state index is -0.505. The van der Waals surface area contributed by atoms with Gasteiger partial charge in [-0.2, -0.15) is 0 Å². The quantitative estimate of drug-likeness (QED) is 0.680. The topological polar surface area (TPSA) is 70.2 Å². The molecule has 0 bridgehead atoms. The molecule has 1 aliphatic rings. The number of anilines is 2. The van der Waals surface area contributed by atoms with Gasteiger partial charge < -0.3 is 16.0 Å². The summed E-state index contributed by atoms with van der Waals surface area (Å²) in [5.74, 6) is -0.339. The van der Waals surface area contributed by atoms with Crippen molar-refractivity contribution >= 4 is 23.2 Å². The van der Waals surface area contributed by atoms with Crippen LogP contribution >= 0.6 is 0 Å². The fourth-order valence-corrected chi connectivity index (χ4v) is 1.62. The van der Waals surface area contributed by atoms with E-state index in [0.29, 0.717) is 0 Å². The van der Waals surface area contributed by atoms with Crippen LogP contribution in [0.15, 0.2) is 24.3 Å². The van der Waals surface area contributed by atoms with Gasteiger partial charge in [-0.15, -0.1) is 0 Å². The van der Waals surface area contributed by atoms with Crippen molar-refractivity contribution in [2.75, 3.05) is 17.7 Å². The summed E-state index contributed by atoms with van der Waals surface area (Å²) in [4.78, 5) is 22.9. The van der Waals surface area contributed by atoms with Gasteiger partial charge in [-0.3, -0.25) is 9.59 Å². The van der Waals surface area contributed by atoms with E-state index in [1.807, 2.05) is 24.3 Å². The lowest BCUT2D eigenvalue weighted by Gasteiger charge is -2.26. The van der Waals surface area contributed by atoms with Crippen LogP contribution in [0.5, 0.6) is 0 Å². The molecule has 2 rings (SSSR count). The summed E-state index contributed by atoms with van der Waals surface area (Å²) < 4.78 is 0. The average molecular weight is 219 g/mol. The molecule has 84 valence electrons. The Hall–Kier alpha value is -2.04. The van der Waals surface area contributed by atoms with Crippen LogP contribution < -0.4 is 16.0 Å². The number of nitrogens with one attached hydrogen (secondary N) is 3. The van der Waals surface area contributed by atoms with Crippen molar-refractivity contribution in [2.24, 2.45) is 0 Å². The van der Waals surface area contributed by atoms with Crippen molar-refractivity contribution in [1.29, 1.82) is 0 Å². The van der Waals surface area contributed by atoms with E-state index in [1.165, 1.54) is 0 Å². The highest BCUT2D eigenvalue weighted by molar-refractivity contribution is 6.04. The lowest BCUT2D eigenvalue weighted by molar-refractivity contribution is -0.124. The van der Waals surface area contributed by atoms with Crippen molar-refractivity contribution in [1.82, 2.24) is 5.32 Å². The second-order valence-electron chi connectivity index (χ2n) is 3.61. The van der Waals surface area contributed by atoms with E-state index in [1.54, 1.807) is 7.05 Å². The number of fused-ring (bicyclic) bond motifs is 1. The third-order valence-electron chi connectivity index (χ3n) is 2.50. The normalized spacial score (nSPS) is 18.1. The molecule has 5 nitrogen and oxygen atoms in total. The molecule has 0 unspecified atom stereocenters. The minimum absolute atomic E-state index is 0.136. The van der Waals surface area contributed by atoms with Gasteiger partial charge in [-0.1, -0.05) is 12.1 Å². The van der Waals surface area contributed by atoms with Gasteiger partial charge in [-0.05, 0) is 12.1 Å². The minimum Gasteiger partial charge on any atom is -0.372 e. The molecule has 0 saturated carbocycles. The Kier molecular flexibility index (Phi) is 2.76. The second kappa shape index (κ2) is 4.22. The Balaban J connectivity index is 2.15. The number of carbonyl (C=O) groups is 2. The Labute approximate surface area is 93.2 Å². The SMILES string of the molecule is CNC(=O)C[C@H]1Nc2ccccc2NC1=O. The molecule has 0 aliphatic carbocycles. The van der Waals surface area contributed by atoms with E-state index in [4.69, 9.17) is 0 Å². The Morgan fingerprint density at radius 2 is 2.06 bits per heavy atom. The number of amides is 2. The van der Waals surface area contributed by atoms with Crippen molar-refractivity contribution in [3.8, 4) is 0 Å². The molecule has 0 saturated heterocycles. The Morgan fingerprint density at radius 1 is 1.38 bits per heavy atom. The van der Waals surface area contributed by atoms with E-state index in [-0.39, 0.29) is 18.2 Å². The predicted octanol–water partition coefficient (Wildman–Crippen LogP) is 0.555. The maximum Gasteiger partial charge on any atom is 0.247 e. The highest BCUT2D eigenvalue weighted by Crippen LogP contribution is 2.26. The summed E-state index contributed by atoms with van der Waals surface area (Å²) >= 11 is 0. The van der Waals surface area contributed by atoms with Crippen LogP contribution in [0.3, 0.4) is 0 Å². The molecule has 1 atom stereocenters. The van der Waals surface area contributed by atoms with Gasteiger partial charge in [0.05, 0.1) is 17.8 Å². The molecule has 1 aromatic carbocycles. The number of hydrogen-bond donors (Lipinski definition) is 3. The molecule has 1 aliphatic heterocycles. The fraction of sp³-hybridized carbons (Fsp3) is 0.273. The van der Waals surface area contributed by atoms with E-state index in [2.05, 4.69) is 16.0 Å². The first-order chi connectivity index (χ1) is 7.70. The molecule has 1 aromatic rings. The number of benzene rings is 1. The molecule has 1 heterocycles. The van der Waals surface area contributed by atoms with Crippen molar-refractivity contribution in [3.05, 3.63) is 24.3 Å². The van der Waals surface area contributed by atoms with Gasteiger partial charge in [0.1, 0.15) is 6.04 Å². The molecule has 3 N–H and O–H groups in total. The highest BCUT2D eigenvalue weighted by atomic mass is 16.2. The third-order valence-corrected chi connectivity index (χ3v) is 2.50. The third kappa shape index (κ3) is 1.98. The maximum absolute atomic E-state index is 11.7. The van der Waals surface area contributed by atoms with Crippen LogP contribution in [0, 0.1) is 0 Å². The van der Waals surface area contributed by atoms with Crippen LogP contribution in [-0.2, 0) is 9.59 Å². The first-order valence-corrected chi connectivity index (χ1v) is 5.07. The van der Waals surface area contributed by atoms with Gasteiger partial charge in [-0.25, -0.2) is 0 Å². The van der Waals surface area contributed by atoms with E-state index in [0.717, 1.165) is 11.4 Å². The molecule has 0 spiro atoms. The van der Waals surface area contributed by atoms with Crippen LogP contribution in [0.2, 0.25) is 0 Å². The fourth-order valence-electron chi connectivity index (χ4n) is 1.62. The second-order valence-corrected chi connectivity index (χ2v) is 3.61. The zero-order chi connectivity index (χ0) is 11.5. The highest BCUT2D eigenvalue weighted by Gasteiger charge is 2.26. The lowest BCUT2D eigenvalue weighted by atomic mass is 10.1. The smallest absolute Gasteiger partial charge is 0.247 e. The van der Waals surface area contributed by atoms with E-state index in [9.17, 15) is 9.59 Å². The molecule has 0 aromatic heterocycles. The van der Waals surface area contributed by atoms with Crippen molar-refractivity contribution < 1.29 is 9.59 Å². The first-order valence-electron chi connectivity index (χ1n) is 5.07. The zero-order valence-corrected chi connectivity index (χ0v) is 8.91. The summed E-state index contributed by atoms with van der Waals surface area (Å²) in [6.45, 7) is 0. The van der Waals surface area contributed by atoms with Crippen LogP contribution in [-0.4, -0.2) is 24.9 Å². The number of para-hydroxylation sites is 2. The van der Waals surface area contributed by atoms with Gasteiger partial charge in [0, 0.05) is 7.05 Å². The van der Waals surface area contributed by atoms with E-state index < -0.39 is 6.04 Å². The standard InChI is InChI=1S/C11H13N3O2/c1-12-10(15)6-9-11(16)14-8-5-3-2-4-7(8)13-9/h2-5,9,13H,6H2,1H3,(H,12,15)(H,14,16)/t9-/m1/s1. The summed E-state index contributed by atoms with van der Waals surface area (Å²) in [6.07, 6.45) is 0.136. The van der Waals surface area contributed by atoms with Gasteiger partial charge in [0.15, 0.2) is 0 Å². The van der Waals surface area contributed by atoms with E-state index >= 15 is 0 Å². The monoisotopic (exact) mass is 219 g/mol. The summed E-state index contributed by atoms with van der Waals surface area (Å²) in [6, 6.07) is 6.90. The molecule has 16 heavy (non-hydrogen) atoms. The largest absolute Gasteiger partial charge is 0.372 e. The molecular weight excluding hydrogens is 206 g/mol. The molecule has 0 radical (unpaired) electrons. The molecule has 0 fully saturated rings. The summed E-state index contributed by atoms with van der Waals surface area (Å²) in [5.41, 5.74) is 1.59. The van der Waals surface area contributed by atoms with Crippen LogP contribution in [0.4, 0.5) is 11.4 Å². The average Bonchev–Trinajstić information content (AvgIpc) is 2.30. The zero-order valence-electron chi connectivity index (χ0n) is 8.91. The summed E-state index contributed by atoms with van der Waals surface area (Å²) in [5, 5.41) is 8.29. The van der Waals surface area contributed by atoms with Gasteiger partial charge in [0.2, 0.25) is 11.8 Å². The Bertz CT molecular complexity index is 431. The summed E-state index contributed by atoms with van der Waals surface area (Å²) in [7, 11) is 1.55. The van der Waals surface area contributed by atoms with Crippen LogP contribution in [0.1, 0.15) is 6.42 Å². The molecular formula is C11H13N3O2. The lowest BCUT2D eigenvalue weighted by Crippen LogP contribution is -2.41. The first kappa shape index (κ1) is 10.5. The van der Waals surface area contributed by atoms with Gasteiger partial charge in [0.25, 0.3) is 0 Å².